The van der Waals surface area contributed by atoms with Crippen molar-refractivity contribution in [1.82, 2.24) is 4.90 Å². The van der Waals surface area contributed by atoms with Crippen LogP contribution in [0.3, 0.4) is 0 Å². The molecule has 1 rings (SSSR count). The average Bonchev–Trinajstić information content (AvgIpc) is 2.31. The van der Waals surface area contributed by atoms with Gasteiger partial charge in [0.1, 0.15) is 0 Å². The standard InChI is InChI=1S/C16H28N2/c1-6-12(2)10-18(5)11-16(17)15-9-13(3)7-8-14(15)4/h7-9,12,16H,6,10-11,17H2,1-5H3. The van der Waals surface area contributed by atoms with E-state index >= 15 is 0 Å². The van der Waals surface area contributed by atoms with Crippen LogP contribution in [0, 0.1) is 19.8 Å². The van der Waals surface area contributed by atoms with Gasteiger partial charge in [0.05, 0.1) is 0 Å². The van der Waals surface area contributed by atoms with Gasteiger partial charge < -0.3 is 10.6 Å². The molecule has 0 bridgehead atoms. The molecule has 2 heteroatoms. The van der Waals surface area contributed by atoms with Crippen LogP contribution in [-0.2, 0) is 0 Å². The molecule has 2 unspecified atom stereocenters. The first kappa shape index (κ1) is 15.2. The molecule has 0 aromatic heterocycles. The highest BCUT2D eigenvalue weighted by Gasteiger charge is 2.13. The Labute approximate surface area is 112 Å². The lowest BCUT2D eigenvalue weighted by Crippen LogP contribution is -2.32. The van der Waals surface area contributed by atoms with Crippen LogP contribution in [0.1, 0.15) is 43.0 Å². The van der Waals surface area contributed by atoms with Gasteiger partial charge in [-0.3, -0.25) is 0 Å². The summed E-state index contributed by atoms with van der Waals surface area (Å²) >= 11 is 0. The molecule has 0 aliphatic heterocycles. The van der Waals surface area contributed by atoms with Crippen LogP contribution in [0.5, 0.6) is 0 Å². The van der Waals surface area contributed by atoms with E-state index < -0.39 is 0 Å². The van der Waals surface area contributed by atoms with Gasteiger partial charge in [-0.15, -0.1) is 0 Å². The molecule has 0 amide bonds. The monoisotopic (exact) mass is 248 g/mol. The van der Waals surface area contributed by atoms with E-state index in [1.54, 1.807) is 0 Å². The van der Waals surface area contributed by atoms with E-state index in [1.807, 2.05) is 0 Å². The molecule has 0 radical (unpaired) electrons. The van der Waals surface area contributed by atoms with Crippen molar-refractivity contribution in [1.29, 1.82) is 0 Å². The van der Waals surface area contributed by atoms with E-state index in [2.05, 4.69) is 57.8 Å². The van der Waals surface area contributed by atoms with Gasteiger partial charge >= 0.3 is 0 Å². The second kappa shape index (κ2) is 6.91. The number of nitrogens with zero attached hydrogens (tertiary/aromatic N) is 1. The first-order valence-corrected chi connectivity index (χ1v) is 6.95. The van der Waals surface area contributed by atoms with E-state index in [0.29, 0.717) is 0 Å². The maximum Gasteiger partial charge on any atom is 0.0426 e. The van der Waals surface area contributed by atoms with Crippen molar-refractivity contribution >= 4 is 0 Å². The van der Waals surface area contributed by atoms with Crippen LogP contribution < -0.4 is 5.73 Å². The molecule has 0 saturated heterocycles. The Balaban J connectivity index is 2.64. The zero-order valence-corrected chi connectivity index (χ0v) is 12.5. The van der Waals surface area contributed by atoms with Crippen LogP contribution in [-0.4, -0.2) is 25.0 Å². The number of rotatable bonds is 6. The summed E-state index contributed by atoms with van der Waals surface area (Å²) in [5.41, 5.74) is 10.2. The predicted molar refractivity (Wildman–Crippen MR) is 79.8 cm³/mol. The number of benzene rings is 1. The molecular formula is C16H28N2. The van der Waals surface area contributed by atoms with E-state index in [9.17, 15) is 0 Å². The molecule has 18 heavy (non-hydrogen) atoms. The van der Waals surface area contributed by atoms with E-state index in [0.717, 1.165) is 19.0 Å². The summed E-state index contributed by atoms with van der Waals surface area (Å²) in [6.45, 7) is 10.8. The summed E-state index contributed by atoms with van der Waals surface area (Å²) in [6, 6.07) is 6.64. The lowest BCUT2D eigenvalue weighted by Gasteiger charge is -2.25. The van der Waals surface area contributed by atoms with Crippen LogP contribution in [0.4, 0.5) is 0 Å². The molecule has 0 aliphatic rings. The number of aryl methyl sites for hydroxylation is 2. The zero-order valence-electron chi connectivity index (χ0n) is 12.5. The van der Waals surface area contributed by atoms with Crippen molar-refractivity contribution < 1.29 is 0 Å². The van der Waals surface area contributed by atoms with Crippen LogP contribution >= 0.6 is 0 Å². The largest absolute Gasteiger partial charge is 0.323 e. The SMILES string of the molecule is CCC(C)CN(C)CC(N)c1cc(C)ccc1C. The Bertz CT molecular complexity index is 373. The molecule has 0 heterocycles. The lowest BCUT2D eigenvalue weighted by molar-refractivity contribution is 0.267. The Morgan fingerprint density at radius 2 is 1.89 bits per heavy atom. The molecule has 2 atom stereocenters. The van der Waals surface area contributed by atoms with E-state index in [-0.39, 0.29) is 6.04 Å². The highest BCUT2D eigenvalue weighted by Crippen LogP contribution is 2.18. The van der Waals surface area contributed by atoms with Crippen molar-refractivity contribution in [2.75, 3.05) is 20.1 Å². The van der Waals surface area contributed by atoms with Crippen LogP contribution in [0.2, 0.25) is 0 Å². The minimum atomic E-state index is 0.110. The van der Waals surface area contributed by atoms with Gasteiger partial charge in [0, 0.05) is 19.1 Å². The van der Waals surface area contributed by atoms with Crippen molar-refractivity contribution in [2.45, 2.75) is 40.2 Å². The number of likely N-dealkylation sites (N-methyl/N-ethyl adjacent to an activating group) is 1. The Morgan fingerprint density at radius 3 is 2.50 bits per heavy atom. The molecule has 1 aromatic carbocycles. The highest BCUT2D eigenvalue weighted by molar-refractivity contribution is 5.32. The maximum absolute atomic E-state index is 6.34. The topological polar surface area (TPSA) is 29.3 Å². The Kier molecular flexibility index (Phi) is 5.83. The van der Waals surface area contributed by atoms with Crippen LogP contribution in [0.25, 0.3) is 0 Å². The first-order valence-electron chi connectivity index (χ1n) is 6.95. The molecule has 0 saturated carbocycles. The fraction of sp³-hybridized carbons (Fsp3) is 0.625. The molecule has 0 spiro atoms. The Hall–Kier alpha value is -0.860. The van der Waals surface area contributed by atoms with Gasteiger partial charge in [0.2, 0.25) is 0 Å². The maximum atomic E-state index is 6.34. The first-order chi connectivity index (χ1) is 8.43. The summed E-state index contributed by atoms with van der Waals surface area (Å²) in [7, 11) is 2.16. The number of hydrogen-bond acceptors (Lipinski definition) is 2. The van der Waals surface area contributed by atoms with Gasteiger partial charge in [-0.2, -0.15) is 0 Å². The molecular weight excluding hydrogens is 220 g/mol. The average molecular weight is 248 g/mol. The second-order valence-corrected chi connectivity index (χ2v) is 5.70. The van der Waals surface area contributed by atoms with E-state index in [4.69, 9.17) is 5.73 Å². The van der Waals surface area contributed by atoms with Crippen molar-refractivity contribution in [3.05, 3.63) is 34.9 Å². The van der Waals surface area contributed by atoms with Crippen molar-refractivity contribution in [2.24, 2.45) is 11.7 Å². The Morgan fingerprint density at radius 1 is 1.22 bits per heavy atom. The second-order valence-electron chi connectivity index (χ2n) is 5.70. The molecule has 102 valence electrons. The van der Waals surface area contributed by atoms with Crippen LogP contribution in [0.15, 0.2) is 18.2 Å². The van der Waals surface area contributed by atoms with Gasteiger partial charge in [0.25, 0.3) is 0 Å². The smallest absolute Gasteiger partial charge is 0.0426 e. The quantitative estimate of drug-likeness (QED) is 0.837. The summed E-state index contributed by atoms with van der Waals surface area (Å²) in [5, 5.41) is 0. The predicted octanol–water partition coefficient (Wildman–Crippen LogP) is 3.28. The van der Waals surface area contributed by atoms with Gasteiger partial charge in [-0.05, 0) is 37.9 Å². The lowest BCUT2D eigenvalue weighted by atomic mass is 9.99. The van der Waals surface area contributed by atoms with Gasteiger partial charge in [-0.25, -0.2) is 0 Å². The summed E-state index contributed by atoms with van der Waals surface area (Å²) in [5.74, 6) is 0.737. The third-order valence-electron chi connectivity index (χ3n) is 3.66. The fourth-order valence-electron chi connectivity index (χ4n) is 2.33. The summed E-state index contributed by atoms with van der Waals surface area (Å²) in [6.07, 6.45) is 1.23. The third kappa shape index (κ3) is 4.43. The van der Waals surface area contributed by atoms with Gasteiger partial charge in [0.15, 0.2) is 0 Å². The highest BCUT2D eigenvalue weighted by atomic mass is 15.1. The number of nitrogens with two attached hydrogens (primary N) is 1. The molecule has 0 aliphatic carbocycles. The zero-order chi connectivity index (χ0) is 13.7. The third-order valence-corrected chi connectivity index (χ3v) is 3.66. The summed E-state index contributed by atoms with van der Waals surface area (Å²) in [4.78, 5) is 2.35. The summed E-state index contributed by atoms with van der Waals surface area (Å²) < 4.78 is 0. The van der Waals surface area contributed by atoms with E-state index in [1.165, 1.54) is 23.1 Å². The minimum Gasteiger partial charge on any atom is -0.323 e. The molecule has 2 nitrogen and oxygen atoms in total. The van der Waals surface area contributed by atoms with Crippen molar-refractivity contribution in [3.63, 3.8) is 0 Å². The molecule has 0 fully saturated rings. The molecule has 1 aromatic rings. The van der Waals surface area contributed by atoms with Crippen molar-refractivity contribution in [3.8, 4) is 0 Å². The molecule has 2 N–H and O–H groups in total. The normalized spacial score (nSPS) is 14.8. The fourth-order valence-corrected chi connectivity index (χ4v) is 2.33. The minimum absolute atomic E-state index is 0.110. The number of hydrogen-bond donors (Lipinski definition) is 1. The van der Waals surface area contributed by atoms with Gasteiger partial charge in [-0.1, -0.05) is 44.0 Å².